The van der Waals surface area contributed by atoms with Crippen molar-refractivity contribution in [1.82, 2.24) is 0 Å². The fraction of sp³-hybridized carbons (Fsp3) is 0.556. The van der Waals surface area contributed by atoms with Gasteiger partial charge in [-0.15, -0.1) is 0 Å². The van der Waals surface area contributed by atoms with Crippen LogP contribution in [0.25, 0.3) is 0 Å². The fourth-order valence-electron chi connectivity index (χ4n) is 1.34. The van der Waals surface area contributed by atoms with E-state index in [9.17, 15) is 0 Å². The molecule has 0 unspecified atom stereocenters. The van der Waals surface area contributed by atoms with Crippen LogP contribution in [-0.4, -0.2) is 6.04 Å². The molecule has 1 aliphatic carbocycles. The average Bonchev–Trinajstić information content (AvgIpc) is 1.95. The second-order valence-electron chi connectivity index (χ2n) is 2.90. The molecule has 1 saturated carbocycles. The lowest BCUT2D eigenvalue weighted by molar-refractivity contribution is 0.512. The van der Waals surface area contributed by atoms with E-state index in [0.717, 1.165) is 12.8 Å². The van der Waals surface area contributed by atoms with E-state index in [1.807, 2.05) is 6.08 Å². The predicted molar refractivity (Wildman–Crippen MR) is 44.7 cm³/mol. The predicted octanol–water partition coefficient (Wildman–Crippen LogP) is 2.00. The number of nitrogens with two attached hydrogens (primary N) is 1. The van der Waals surface area contributed by atoms with Crippen LogP contribution in [0.1, 0.15) is 25.7 Å². The van der Waals surface area contributed by atoms with Gasteiger partial charge in [-0.1, -0.05) is 24.3 Å². The lowest BCUT2D eigenvalue weighted by Crippen LogP contribution is -2.23. The lowest BCUT2D eigenvalue weighted by atomic mass is 9.91. The van der Waals surface area contributed by atoms with E-state index >= 15 is 0 Å². The van der Waals surface area contributed by atoms with Gasteiger partial charge in [0.1, 0.15) is 0 Å². The van der Waals surface area contributed by atoms with Crippen LogP contribution in [-0.2, 0) is 0 Å². The molecule has 1 rings (SSSR count). The second-order valence-corrected chi connectivity index (χ2v) is 2.90. The Morgan fingerprint density at radius 3 is 2.50 bits per heavy atom. The van der Waals surface area contributed by atoms with Crippen LogP contribution in [0.4, 0.5) is 0 Å². The van der Waals surface area contributed by atoms with Gasteiger partial charge in [-0.05, 0) is 25.7 Å². The van der Waals surface area contributed by atoms with Gasteiger partial charge in [-0.3, -0.25) is 0 Å². The molecule has 0 saturated heterocycles. The zero-order valence-electron chi connectivity index (χ0n) is 6.34. The first-order valence-corrected chi connectivity index (χ1v) is 3.89. The summed E-state index contributed by atoms with van der Waals surface area (Å²) in [4.78, 5) is 0. The van der Waals surface area contributed by atoms with E-state index in [0.29, 0.717) is 6.04 Å². The van der Waals surface area contributed by atoms with Gasteiger partial charge >= 0.3 is 0 Å². The summed E-state index contributed by atoms with van der Waals surface area (Å²) in [6, 6.07) is 0.446. The van der Waals surface area contributed by atoms with Crippen molar-refractivity contribution >= 4 is 0 Å². The molecule has 2 N–H and O–H groups in total. The van der Waals surface area contributed by atoms with Crippen LogP contribution in [0, 0.1) is 0 Å². The van der Waals surface area contributed by atoms with Crippen molar-refractivity contribution in [3.8, 4) is 0 Å². The van der Waals surface area contributed by atoms with E-state index < -0.39 is 0 Å². The summed E-state index contributed by atoms with van der Waals surface area (Å²) in [7, 11) is 0. The summed E-state index contributed by atoms with van der Waals surface area (Å²) < 4.78 is 0. The van der Waals surface area contributed by atoms with Gasteiger partial charge in [0.15, 0.2) is 0 Å². The quantitative estimate of drug-likeness (QED) is 0.587. The smallest absolute Gasteiger partial charge is 0.00449 e. The van der Waals surface area contributed by atoms with Gasteiger partial charge in [0, 0.05) is 6.04 Å². The molecule has 0 amide bonds. The normalized spacial score (nSPS) is 26.1. The van der Waals surface area contributed by atoms with E-state index in [1.54, 1.807) is 0 Å². The Balaban J connectivity index is 2.39. The molecule has 0 bridgehead atoms. The molecule has 10 heavy (non-hydrogen) atoms. The van der Waals surface area contributed by atoms with Crippen LogP contribution in [0.5, 0.6) is 0 Å². The second kappa shape index (κ2) is 3.57. The van der Waals surface area contributed by atoms with E-state index in [-0.39, 0.29) is 0 Å². The fourth-order valence-corrected chi connectivity index (χ4v) is 1.34. The summed E-state index contributed by atoms with van der Waals surface area (Å²) in [5, 5.41) is 0. The van der Waals surface area contributed by atoms with Crippen molar-refractivity contribution < 1.29 is 0 Å². The first kappa shape index (κ1) is 7.55. The molecule has 1 aliphatic rings. The van der Waals surface area contributed by atoms with Crippen LogP contribution < -0.4 is 5.73 Å². The molecule has 1 heteroatoms. The topological polar surface area (TPSA) is 26.0 Å². The van der Waals surface area contributed by atoms with Crippen LogP contribution in [0.2, 0.25) is 0 Å². The summed E-state index contributed by atoms with van der Waals surface area (Å²) in [5.41, 5.74) is 7.25. The third-order valence-electron chi connectivity index (χ3n) is 2.03. The number of allylic oxidation sites excluding steroid dienone is 3. The molecule has 0 aromatic rings. The molecule has 1 nitrogen and oxygen atoms in total. The monoisotopic (exact) mass is 137 g/mol. The van der Waals surface area contributed by atoms with Crippen LogP contribution in [0.3, 0.4) is 0 Å². The highest BCUT2D eigenvalue weighted by atomic mass is 14.6. The van der Waals surface area contributed by atoms with Crippen molar-refractivity contribution in [2.75, 3.05) is 0 Å². The highest BCUT2D eigenvalue weighted by molar-refractivity contribution is 5.12. The highest BCUT2D eigenvalue weighted by Crippen LogP contribution is 2.21. The van der Waals surface area contributed by atoms with E-state index in [1.165, 1.54) is 18.4 Å². The van der Waals surface area contributed by atoms with Crippen molar-refractivity contribution in [2.24, 2.45) is 5.73 Å². The summed E-state index contributed by atoms with van der Waals surface area (Å²) in [6.45, 7) is 3.67. The van der Waals surface area contributed by atoms with Gasteiger partial charge in [0.05, 0.1) is 0 Å². The molecule has 0 heterocycles. The first-order valence-electron chi connectivity index (χ1n) is 3.89. The zero-order valence-corrected chi connectivity index (χ0v) is 6.34. The average molecular weight is 137 g/mol. The summed E-state index contributed by atoms with van der Waals surface area (Å²) in [5.74, 6) is 0. The Labute approximate surface area is 62.6 Å². The van der Waals surface area contributed by atoms with E-state index in [4.69, 9.17) is 5.73 Å². The third-order valence-corrected chi connectivity index (χ3v) is 2.03. The number of hydrogen-bond donors (Lipinski definition) is 1. The Morgan fingerprint density at radius 1 is 1.40 bits per heavy atom. The maximum absolute atomic E-state index is 5.74. The van der Waals surface area contributed by atoms with Gasteiger partial charge in [0.25, 0.3) is 0 Å². The summed E-state index contributed by atoms with van der Waals surface area (Å²) >= 11 is 0. The van der Waals surface area contributed by atoms with Crippen LogP contribution >= 0.6 is 0 Å². The molecule has 1 fully saturated rings. The third kappa shape index (κ3) is 1.99. The molecular weight excluding hydrogens is 122 g/mol. The van der Waals surface area contributed by atoms with Crippen molar-refractivity contribution in [2.45, 2.75) is 31.7 Å². The van der Waals surface area contributed by atoms with Crippen molar-refractivity contribution in [3.63, 3.8) is 0 Å². The molecule has 0 aliphatic heterocycles. The number of rotatable bonds is 1. The highest BCUT2D eigenvalue weighted by Gasteiger charge is 2.10. The molecule has 0 aromatic carbocycles. The molecule has 0 atom stereocenters. The molecule has 0 aromatic heterocycles. The molecular formula is C9H15N. The maximum Gasteiger partial charge on any atom is 0.00449 e. The zero-order chi connectivity index (χ0) is 7.40. The van der Waals surface area contributed by atoms with Gasteiger partial charge in [0.2, 0.25) is 0 Å². The summed E-state index contributed by atoms with van der Waals surface area (Å²) in [6.07, 6.45) is 8.64. The Morgan fingerprint density at radius 2 is 2.00 bits per heavy atom. The molecule has 0 spiro atoms. The van der Waals surface area contributed by atoms with Crippen molar-refractivity contribution in [1.29, 1.82) is 0 Å². The Hall–Kier alpha value is -0.560. The van der Waals surface area contributed by atoms with Gasteiger partial charge in [-0.25, -0.2) is 0 Å². The maximum atomic E-state index is 5.74. The lowest BCUT2D eigenvalue weighted by Gasteiger charge is -2.19. The van der Waals surface area contributed by atoms with E-state index in [2.05, 4.69) is 12.7 Å². The first-order chi connectivity index (χ1) is 4.83. The minimum Gasteiger partial charge on any atom is -0.328 e. The molecule has 0 radical (unpaired) electrons. The van der Waals surface area contributed by atoms with Crippen molar-refractivity contribution in [3.05, 3.63) is 24.3 Å². The van der Waals surface area contributed by atoms with Crippen LogP contribution in [0.15, 0.2) is 24.3 Å². The number of hydrogen-bond acceptors (Lipinski definition) is 1. The van der Waals surface area contributed by atoms with Gasteiger partial charge in [-0.2, -0.15) is 0 Å². The Bertz CT molecular complexity index is 137. The SMILES string of the molecule is C=CC=C1CCC(N)CC1. The van der Waals surface area contributed by atoms with Gasteiger partial charge < -0.3 is 5.73 Å². The minimum atomic E-state index is 0.446. The molecule has 56 valence electrons. The largest absolute Gasteiger partial charge is 0.328 e. The standard InChI is InChI=1S/C9H15N/c1-2-3-8-4-6-9(10)7-5-8/h2-3,9H,1,4-7,10H2. The Kier molecular flexibility index (Phi) is 2.69. The minimum absolute atomic E-state index is 0.446.